The molecule has 2 aromatic heterocycles. The summed E-state index contributed by atoms with van der Waals surface area (Å²) in [4.78, 5) is 12.4. The maximum atomic E-state index is 12.4. The highest BCUT2D eigenvalue weighted by atomic mass is 16.5. The summed E-state index contributed by atoms with van der Waals surface area (Å²) < 4.78 is 12.9. The molecule has 0 bridgehead atoms. The molecule has 148 valence electrons. The number of carbonyl (C=O) groups excluding carboxylic acids is 1. The minimum Gasteiger partial charge on any atom is -0.496 e. The molecule has 0 fully saturated rings. The Labute approximate surface area is 169 Å². The molecule has 3 rings (SSSR count). The molecular weight excluding hydrogens is 368 g/mol. The Morgan fingerprint density at radius 1 is 1.28 bits per heavy atom. The van der Waals surface area contributed by atoms with E-state index in [0.717, 1.165) is 22.5 Å². The summed E-state index contributed by atoms with van der Waals surface area (Å²) in [6.07, 6.45) is 1.57. The Bertz CT molecular complexity index is 1150. The van der Waals surface area contributed by atoms with E-state index in [2.05, 4.69) is 16.6 Å². The van der Waals surface area contributed by atoms with Crippen molar-refractivity contribution in [2.24, 2.45) is 5.10 Å². The normalized spacial score (nSPS) is 10.9. The molecule has 7 nitrogen and oxygen atoms in total. The van der Waals surface area contributed by atoms with Gasteiger partial charge < -0.3 is 9.15 Å². The molecule has 0 saturated heterocycles. The molecule has 2 heterocycles. The molecule has 3 aromatic rings. The van der Waals surface area contributed by atoms with Gasteiger partial charge in [0.1, 0.15) is 23.1 Å². The highest BCUT2D eigenvalue weighted by Crippen LogP contribution is 2.28. The van der Waals surface area contributed by atoms with E-state index in [4.69, 9.17) is 9.15 Å². The number of methoxy groups -OCH3 is 1. The first-order chi connectivity index (χ1) is 13.9. The summed E-state index contributed by atoms with van der Waals surface area (Å²) in [5.41, 5.74) is 6.81. The van der Waals surface area contributed by atoms with E-state index in [1.54, 1.807) is 30.5 Å². The Morgan fingerprint density at radius 3 is 2.69 bits per heavy atom. The van der Waals surface area contributed by atoms with Gasteiger partial charge in [0.05, 0.1) is 18.9 Å². The summed E-state index contributed by atoms with van der Waals surface area (Å²) in [5, 5.41) is 13.6. The number of hydrogen-bond donors (Lipinski definition) is 1. The maximum absolute atomic E-state index is 12.4. The number of ether oxygens (including phenoxy) is 1. The van der Waals surface area contributed by atoms with Gasteiger partial charge in [-0.05, 0) is 45.9 Å². The van der Waals surface area contributed by atoms with E-state index in [-0.39, 0.29) is 5.91 Å². The van der Waals surface area contributed by atoms with Crippen LogP contribution in [0, 0.1) is 39.0 Å². The zero-order chi connectivity index (χ0) is 21.1. The SMILES string of the molecule is COc1ccccc1C(=O)N/N=C\c1cc(C)n(-c2oc(C)c(C)c2C#N)c1C. The van der Waals surface area contributed by atoms with Crippen LogP contribution in [0.4, 0.5) is 0 Å². The largest absolute Gasteiger partial charge is 0.496 e. The van der Waals surface area contributed by atoms with Gasteiger partial charge in [-0.3, -0.25) is 9.36 Å². The summed E-state index contributed by atoms with van der Waals surface area (Å²) in [5.74, 6) is 1.32. The molecule has 0 aliphatic carbocycles. The predicted molar refractivity (Wildman–Crippen MR) is 110 cm³/mol. The lowest BCUT2D eigenvalue weighted by Gasteiger charge is -2.07. The third-order valence-corrected chi connectivity index (χ3v) is 4.87. The number of aryl methyl sites for hydroxylation is 2. The minimum atomic E-state index is -0.364. The van der Waals surface area contributed by atoms with Crippen molar-refractivity contribution < 1.29 is 13.9 Å². The second-order valence-corrected chi connectivity index (χ2v) is 6.64. The molecule has 0 aliphatic rings. The molecule has 0 saturated carbocycles. The fraction of sp³-hybridized carbons (Fsp3) is 0.227. The maximum Gasteiger partial charge on any atom is 0.275 e. The second kappa shape index (κ2) is 8.07. The molecule has 1 amide bonds. The highest BCUT2D eigenvalue weighted by molar-refractivity contribution is 5.97. The van der Waals surface area contributed by atoms with E-state index >= 15 is 0 Å². The van der Waals surface area contributed by atoms with Crippen LogP contribution in [0.1, 0.15) is 44.2 Å². The Morgan fingerprint density at radius 2 is 2.00 bits per heavy atom. The van der Waals surface area contributed by atoms with Gasteiger partial charge in [-0.1, -0.05) is 12.1 Å². The lowest BCUT2D eigenvalue weighted by atomic mass is 10.2. The van der Waals surface area contributed by atoms with Gasteiger partial charge in [-0.2, -0.15) is 10.4 Å². The van der Waals surface area contributed by atoms with Crippen LogP contribution in [-0.4, -0.2) is 23.8 Å². The highest BCUT2D eigenvalue weighted by Gasteiger charge is 2.20. The zero-order valence-corrected chi connectivity index (χ0v) is 17.0. The second-order valence-electron chi connectivity index (χ2n) is 6.64. The fourth-order valence-electron chi connectivity index (χ4n) is 3.18. The number of hydrogen-bond acceptors (Lipinski definition) is 5. The van der Waals surface area contributed by atoms with Crippen molar-refractivity contribution in [3.8, 4) is 17.7 Å². The minimum absolute atomic E-state index is 0.364. The zero-order valence-electron chi connectivity index (χ0n) is 17.0. The summed E-state index contributed by atoms with van der Waals surface area (Å²) in [6, 6.07) is 11.1. The Hall–Kier alpha value is -3.79. The Balaban J connectivity index is 1.87. The molecule has 0 spiro atoms. The van der Waals surface area contributed by atoms with Gasteiger partial charge in [0.15, 0.2) is 0 Å². The van der Waals surface area contributed by atoms with Gasteiger partial charge in [0, 0.05) is 22.5 Å². The van der Waals surface area contributed by atoms with E-state index in [1.165, 1.54) is 7.11 Å². The van der Waals surface area contributed by atoms with Gasteiger partial charge in [-0.25, -0.2) is 5.43 Å². The molecule has 1 aromatic carbocycles. The van der Waals surface area contributed by atoms with E-state index < -0.39 is 0 Å². The third kappa shape index (κ3) is 3.65. The van der Waals surface area contributed by atoms with Crippen LogP contribution in [0.2, 0.25) is 0 Å². The number of hydrazone groups is 1. The van der Waals surface area contributed by atoms with Gasteiger partial charge >= 0.3 is 0 Å². The summed E-state index contributed by atoms with van der Waals surface area (Å²) in [7, 11) is 1.51. The summed E-state index contributed by atoms with van der Waals surface area (Å²) in [6.45, 7) is 7.53. The van der Waals surface area contributed by atoms with Crippen LogP contribution in [0.5, 0.6) is 5.75 Å². The quantitative estimate of drug-likeness (QED) is 0.527. The van der Waals surface area contributed by atoms with E-state index in [9.17, 15) is 10.1 Å². The van der Waals surface area contributed by atoms with Crippen LogP contribution < -0.4 is 10.2 Å². The number of furan rings is 1. The van der Waals surface area contributed by atoms with Crippen molar-refractivity contribution in [3.63, 3.8) is 0 Å². The first-order valence-corrected chi connectivity index (χ1v) is 9.04. The number of benzene rings is 1. The Kier molecular flexibility index (Phi) is 5.55. The average Bonchev–Trinajstić information content (AvgIpc) is 3.15. The number of nitrogens with one attached hydrogen (secondary N) is 1. The molecule has 0 radical (unpaired) electrons. The lowest BCUT2D eigenvalue weighted by Crippen LogP contribution is -2.18. The third-order valence-electron chi connectivity index (χ3n) is 4.87. The topological polar surface area (TPSA) is 92.5 Å². The van der Waals surface area contributed by atoms with Crippen molar-refractivity contribution in [1.82, 2.24) is 9.99 Å². The number of rotatable bonds is 5. The van der Waals surface area contributed by atoms with Crippen molar-refractivity contribution in [1.29, 1.82) is 5.26 Å². The first-order valence-electron chi connectivity index (χ1n) is 9.04. The van der Waals surface area contributed by atoms with Crippen molar-refractivity contribution in [2.45, 2.75) is 27.7 Å². The van der Waals surface area contributed by atoms with Gasteiger partial charge in [0.2, 0.25) is 5.88 Å². The monoisotopic (exact) mass is 390 g/mol. The molecule has 0 atom stereocenters. The van der Waals surface area contributed by atoms with Crippen LogP contribution >= 0.6 is 0 Å². The smallest absolute Gasteiger partial charge is 0.275 e. The molecular formula is C22H22N4O3. The van der Waals surface area contributed by atoms with E-state index in [1.807, 2.05) is 38.3 Å². The fourth-order valence-corrected chi connectivity index (χ4v) is 3.18. The van der Waals surface area contributed by atoms with Gasteiger partial charge in [0.25, 0.3) is 5.91 Å². The number of aromatic nitrogens is 1. The standard InChI is InChI=1S/C22H22N4O3/c1-13-10-17(12-24-25-21(27)18-8-6-7-9-20(18)28-5)15(3)26(13)22-19(11-23)14(2)16(4)29-22/h6-10,12H,1-5H3,(H,25,27)/b24-12-. The molecule has 0 aliphatic heterocycles. The van der Waals surface area contributed by atoms with Crippen molar-refractivity contribution >= 4 is 12.1 Å². The predicted octanol–water partition coefficient (Wildman–Crippen LogP) is 3.95. The van der Waals surface area contributed by atoms with E-state index in [0.29, 0.717) is 28.5 Å². The first kappa shape index (κ1) is 20.0. The number of nitrogens with zero attached hydrogens (tertiary/aromatic N) is 3. The average molecular weight is 390 g/mol. The van der Waals surface area contributed by atoms with Crippen molar-refractivity contribution in [3.05, 3.63) is 69.7 Å². The number of carbonyl (C=O) groups is 1. The molecule has 29 heavy (non-hydrogen) atoms. The molecule has 7 heteroatoms. The number of nitriles is 1. The van der Waals surface area contributed by atoms with Crippen LogP contribution in [0.15, 0.2) is 39.9 Å². The van der Waals surface area contributed by atoms with Gasteiger partial charge in [-0.15, -0.1) is 0 Å². The molecule has 0 unspecified atom stereocenters. The van der Waals surface area contributed by atoms with Crippen molar-refractivity contribution in [2.75, 3.05) is 7.11 Å². The summed E-state index contributed by atoms with van der Waals surface area (Å²) >= 11 is 0. The van der Waals surface area contributed by atoms with Crippen LogP contribution in [-0.2, 0) is 0 Å². The van der Waals surface area contributed by atoms with Crippen LogP contribution in [0.3, 0.4) is 0 Å². The lowest BCUT2D eigenvalue weighted by molar-refractivity contribution is 0.0952. The van der Waals surface area contributed by atoms with Crippen LogP contribution in [0.25, 0.3) is 5.88 Å². The number of para-hydroxylation sites is 1. The number of amides is 1. The molecule has 1 N–H and O–H groups in total.